The molecule has 16 nitrogen and oxygen atoms in total. The summed E-state index contributed by atoms with van der Waals surface area (Å²) in [5, 5.41) is 0. The normalized spacial score (nSPS) is 20.5. The van der Waals surface area contributed by atoms with E-state index in [4.69, 9.17) is 42.6 Å². The van der Waals surface area contributed by atoms with E-state index < -0.39 is 16.8 Å². The van der Waals surface area contributed by atoms with Crippen LogP contribution in [0.5, 0.6) is 5.75 Å². The molecule has 2 fully saturated rings. The van der Waals surface area contributed by atoms with Gasteiger partial charge in [-0.05, 0) is 114 Å². The molecule has 0 N–H and O–H groups in total. The summed E-state index contributed by atoms with van der Waals surface area (Å²) in [7, 11) is 0. The van der Waals surface area contributed by atoms with Crippen molar-refractivity contribution in [3.63, 3.8) is 0 Å². The molecular weight excluding hydrogens is 825 g/mol. The molecule has 1 aromatic carbocycles. The van der Waals surface area contributed by atoms with Gasteiger partial charge in [0.25, 0.3) is 0 Å². The molecule has 0 bridgehead atoms. The van der Waals surface area contributed by atoms with Crippen molar-refractivity contribution in [1.29, 1.82) is 0 Å². The van der Waals surface area contributed by atoms with E-state index in [1.54, 1.807) is 0 Å². The number of esters is 3. The van der Waals surface area contributed by atoms with Crippen molar-refractivity contribution < 1.29 is 57.0 Å². The Bertz CT molecular complexity index is 1520. The maximum absolute atomic E-state index is 13.7. The molecule has 1 aromatic rings. The maximum atomic E-state index is 13.7. The van der Waals surface area contributed by atoms with E-state index in [0.29, 0.717) is 111 Å². The zero-order valence-corrected chi connectivity index (χ0v) is 41.7. The van der Waals surface area contributed by atoms with Gasteiger partial charge < -0.3 is 42.6 Å². The van der Waals surface area contributed by atoms with Gasteiger partial charge in [0.2, 0.25) is 0 Å². The van der Waals surface area contributed by atoms with Crippen molar-refractivity contribution in [3.8, 4) is 5.75 Å². The first-order valence-electron chi connectivity index (χ1n) is 23.2. The van der Waals surface area contributed by atoms with E-state index in [0.717, 1.165) is 5.56 Å². The fourth-order valence-electron chi connectivity index (χ4n) is 7.04. The van der Waals surface area contributed by atoms with E-state index in [9.17, 15) is 14.4 Å². The second-order valence-electron chi connectivity index (χ2n) is 20.6. The van der Waals surface area contributed by atoms with Gasteiger partial charge in [-0.1, -0.05) is 12.1 Å². The Kier molecular flexibility index (Phi) is 22.9. The summed E-state index contributed by atoms with van der Waals surface area (Å²) in [6.45, 7) is 32.8. The van der Waals surface area contributed by atoms with E-state index in [1.807, 2.05) is 114 Å². The van der Waals surface area contributed by atoms with Crippen LogP contribution in [0.4, 0.5) is 0 Å². The molecule has 0 spiro atoms. The van der Waals surface area contributed by atoms with E-state index >= 15 is 0 Å². The summed E-state index contributed by atoms with van der Waals surface area (Å²) < 4.78 is 52.1. The van der Waals surface area contributed by atoms with Crippen LogP contribution in [0.15, 0.2) is 24.3 Å². The predicted octanol–water partition coefficient (Wildman–Crippen LogP) is 4.83. The lowest BCUT2D eigenvalue weighted by Gasteiger charge is -2.39. The molecular formula is C48H84N4O12. The minimum Gasteiger partial charge on any atom is -0.491 e. The molecule has 2 heterocycles. The van der Waals surface area contributed by atoms with E-state index in [1.165, 1.54) is 0 Å². The molecule has 3 rings (SSSR count). The third kappa shape index (κ3) is 25.7. The molecule has 0 saturated carbocycles. The fourth-order valence-corrected chi connectivity index (χ4v) is 7.04. The lowest BCUT2D eigenvalue weighted by atomic mass is 10.0. The number of rotatable bonds is 22. The van der Waals surface area contributed by atoms with Crippen molar-refractivity contribution in [2.45, 2.75) is 137 Å². The fraction of sp³-hybridized carbons (Fsp3) is 0.812. The highest BCUT2D eigenvalue weighted by atomic mass is 16.8. The molecule has 0 amide bonds. The third-order valence-corrected chi connectivity index (χ3v) is 9.73. The highest BCUT2D eigenvalue weighted by molar-refractivity contribution is 5.73. The Hall–Kier alpha value is -2.93. The van der Waals surface area contributed by atoms with Gasteiger partial charge in [-0.2, -0.15) is 0 Å². The molecule has 2 unspecified atom stereocenters. The molecule has 16 heteroatoms. The maximum Gasteiger partial charge on any atom is 0.320 e. The minimum absolute atomic E-state index is 0.0154. The summed E-state index contributed by atoms with van der Waals surface area (Å²) in [5.74, 6) is -0.280. The van der Waals surface area contributed by atoms with Gasteiger partial charge >= 0.3 is 17.9 Å². The number of benzene rings is 1. The van der Waals surface area contributed by atoms with Crippen LogP contribution in [0.2, 0.25) is 0 Å². The van der Waals surface area contributed by atoms with E-state index in [2.05, 4.69) is 19.6 Å². The van der Waals surface area contributed by atoms with Crippen LogP contribution < -0.4 is 4.74 Å². The monoisotopic (exact) mass is 909 g/mol. The van der Waals surface area contributed by atoms with Gasteiger partial charge in [-0.3, -0.25) is 34.0 Å². The van der Waals surface area contributed by atoms with Crippen LogP contribution in [0.1, 0.15) is 95.6 Å². The Morgan fingerprint density at radius 2 is 1.05 bits per heavy atom. The summed E-state index contributed by atoms with van der Waals surface area (Å²) in [4.78, 5) is 49.2. The highest BCUT2D eigenvalue weighted by Gasteiger charge is 2.44. The first-order valence-corrected chi connectivity index (χ1v) is 23.2. The van der Waals surface area contributed by atoms with Gasteiger partial charge in [-0.25, -0.2) is 0 Å². The van der Waals surface area contributed by atoms with Gasteiger partial charge in [-0.15, -0.1) is 0 Å². The Balaban J connectivity index is 1.91. The molecule has 0 radical (unpaired) electrons. The topological polar surface area (TPSA) is 151 Å². The summed E-state index contributed by atoms with van der Waals surface area (Å²) in [6.07, 6.45) is 0.157. The van der Waals surface area contributed by atoms with Crippen LogP contribution in [0.3, 0.4) is 0 Å². The standard InChI is InChI=1S/C48H84N4O12/c1-14-56-25-26-57-27-28-58-29-30-59-39-17-15-37(16-18-39)31-38-32-51(35-42(54)62-46(5,6)7)22-21-49(33-40-44(60-40)64-48(11,12)13)19-20-50(34-41(53)61-45(2,3)4)23-24-52(38)36-43(55)63-47(8,9)10/h15-18,38,40,44H,14,19-36H2,1-13H3/t38-,40?,44?/m0/s1. The second kappa shape index (κ2) is 26.4. The Morgan fingerprint density at radius 1 is 0.578 bits per heavy atom. The second-order valence-corrected chi connectivity index (χ2v) is 20.6. The van der Waals surface area contributed by atoms with Crippen LogP contribution in [0, 0.1) is 0 Å². The summed E-state index contributed by atoms with van der Waals surface area (Å²) in [5.41, 5.74) is -1.30. The smallest absolute Gasteiger partial charge is 0.320 e. The molecule has 2 aliphatic rings. The first-order chi connectivity index (χ1) is 29.9. The molecule has 64 heavy (non-hydrogen) atoms. The van der Waals surface area contributed by atoms with Crippen molar-refractivity contribution in [3.05, 3.63) is 29.8 Å². The van der Waals surface area contributed by atoms with Gasteiger partial charge in [0, 0.05) is 65.0 Å². The van der Waals surface area contributed by atoms with Crippen LogP contribution >= 0.6 is 0 Å². The lowest BCUT2D eigenvalue weighted by Crippen LogP contribution is -2.54. The third-order valence-electron chi connectivity index (χ3n) is 9.73. The number of hydrogen-bond donors (Lipinski definition) is 0. The van der Waals surface area contributed by atoms with Gasteiger partial charge in [0.15, 0.2) is 6.29 Å². The van der Waals surface area contributed by atoms with Crippen molar-refractivity contribution in [1.82, 2.24) is 19.6 Å². The summed E-state index contributed by atoms with van der Waals surface area (Å²) >= 11 is 0. The molecule has 2 saturated heterocycles. The zero-order chi connectivity index (χ0) is 47.6. The average molecular weight is 909 g/mol. The number of carbonyl (C=O) groups excluding carboxylic acids is 3. The molecule has 0 aliphatic carbocycles. The molecule has 3 atom stereocenters. The van der Waals surface area contributed by atoms with Crippen LogP contribution in [0.25, 0.3) is 0 Å². The largest absolute Gasteiger partial charge is 0.491 e. The molecule has 368 valence electrons. The Labute approximate surface area is 384 Å². The summed E-state index contributed by atoms with van der Waals surface area (Å²) in [6, 6.07) is 7.69. The number of hydrogen-bond acceptors (Lipinski definition) is 16. The van der Waals surface area contributed by atoms with Crippen molar-refractivity contribution in [2.75, 3.05) is 118 Å². The Morgan fingerprint density at radius 3 is 1.58 bits per heavy atom. The zero-order valence-electron chi connectivity index (χ0n) is 41.7. The van der Waals surface area contributed by atoms with Gasteiger partial charge in [0.05, 0.1) is 58.3 Å². The molecule has 2 aliphatic heterocycles. The number of ether oxygens (including phenoxy) is 9. The lowest BCUT2D eigenvalue weighted by molar-refractivity contribution is -0.159. The SMILES string of the molecule is CCOCCOCCOCCOc1ccc(C[C@H]2CN(CC(=O)OC(C)(C)C)CCN(CC3OC3OC(C)(C)C)CCN(CC(=O)OC(C)(C)C)CCN2CC(=O)OC(C)(C)C)cc1. The number of carbonyl (C=O) groups is 3. The highest BCUT2D eigenvalue weighted by Crippen LogP contribution is 2.29. The van der Waals surface area contributed by atoms with Crippen molar-refractivity contribution >= 4 is 17.9 Å². The quantitative estimate of drug-likeness (QED) is 0.0676. The first kappa shape index (κ1) is 55.4. The van der Waals surface area contributed by atoms with Crippen molar-refractivity contribution in [2.24, 2.45) is 0 Å². The van der Waals surface area contributed by atoms with Crippen LogP contribution in [-0.4, -0.2) is 197 Å². The number of nitrogens with zero attached hydrogens (tertiary/aromatic N) is 4. The minimum atomic E-state index is -0.686. The average Bonchev–Trinajstić information content (AvgIpc) is 3.87. The molecule has 0 aromatic heterocycles. The predicted molar refractivity (Wildman–Crippen MR) is 245 cm³/mol. The number of epoxide rings is 1. The van der Waals surface area contributed by atoms with Gasteiger partial charge in [0.1, 0.15) is 35.3 Å². The van der Waals surface area contributed by atoms with E-state index in [-0.39, 0.29) is 61.6 Å². The van der Waals surface area contributed by atoms with Crippen LogP contribution in [-0.2, 0) is 58.7 Å².